The first kappa shape index (κ1) is 18.2. The number of thiazole rings is 1. The van der Waals surface area contributed by atoms with Gasteiger partial charge in [0.2, 0.25) is 5.91 Å². The molecule has 5 nitrogen and oxygen atoms in total. The summed E-state index contributed by atoms with van der Waals surface area (Å²) in [6, 6.07) is 8.31. The number of aromatic nitrogens is 1. The Morgan fingerprint density at radius 3 is 2.76 bits per heavy atom. The van der Waals surface area contributed by atoms with Gasteiger partial charge in [0.15, 0.2) is 4.80 Å². The predicted molar refractivity (Wildman–Crippen MR) is 104 cm³/mol. The largest absolute Gasteiger partial charge is 0.353 e. The highest BCUT2D eigenvalue weighted by atomic mass is 32.2. The number of rotatable bonds is 5. The molecule has 0 atom stereocenters. The lowest BCUT2D eigenvalue weighted by atomic mass is 9.95. The van der Waals surface area contributed by atoms with E-state index in [1.165, 1.54) is 42.4 Å². The normalized spacial score (nSPS) is 16.3. The van der Waals surface area contributed by atoms with Crippen LogP contribution in [0, 0.1) is 0 Å². The molecule has 1 saturated carbocycles. The molecule has 1 aromatic carbocycles. The molecule has 25 heavy (non-hydrogen) atoms. The van der Waals surface area contributed by atoms with E-state index in [1.54, 1.807) is 0 Å². The highest BCUT2D eigenvalue weighted by molar-refractivity contribution is 8.00. The lowest BCUT2D eigenvalue weighted by Gasteiger charge is -2.22. The Morgan fingerprint density at radius 1 is 1.24 bits per heavy atom. The van der Waals surface area contributed by atoms with Crippen molar-refractivity contribution in [3.8, 4) is 0 Å². The van der Waals surface area contributed by atoms with Crippen LogP contribution in [0.5, 0.6) is 0 Å². The van der Waals surface area contributed by atoms with Crippen molar-refractivity contribution in [3.05, 3.63) is 29.1 Å². The summed E-state index contributed by atoms with van der Waals surface area (Å²) in [5, 5.41) is 3.07. The molecule has 1 aliphatic carbocycles. The molecular formula is C18H23N3O2S2. The summed E-state index contributed by atoms with van der Waals surface area (Å²) in [5.74, 6) is 0.373. The molecule has 1 fully saturated rings. The van der Waals surface area contributed by atoms with E-state index in [-0.39, 0.29) is 17.6 Å². The number of thioether (sulfide) groups is 1. The molecule has 2 amide bonds. The zero-order valence-corrected chi connectivity index (χ0v) is 16.0. The molecule has 0 saturated heterocycles. The summed E-state index contributed by atoms with van der Waals surface area (Å²) in [6.07, 6.45) is 5.82. The minimum Gasteiger partial charge on any atom is -0.353 e. The van der Waals surface area contributed by atoms with Gasteiger partial charge in [0.1, 0.15) is 0 Å². The molecule has 3 rings (SSSR count). The first-order valence-corrected chi connectivity index (χ1v) is 10.6. The van der Waals surface area contributed by atoms with Gasteiger partial charge in [-0.3, -0.25) is 9.59 Å². The lowest BCUT2D eigenvalue weighted by Crippen LogP contribution is -2.37. The van der Waals surface area contributed by atoms with Crippen molar-refractivity contribution in [2.45, 2.75) is 38.1 Å². The van der Waals surface area contributed by atoms with E-state index in [0.29, 0.717) is 16.6 Å². The smallest absolute Gasteiger partial charge is 0.258 e. The zero-order valence-electron chi connectivity index (χ0n) is 14.4. The molecule has 0 unspecified atom stereocenters. The average molecular weight is 378 g/mol. The highest BCUT2D eigenvalue weighted by Gasteiger charge is 2.15. The number of hydrogen-bond acceptors (Lipinski definition) is 4. The number of amides is 2. The second-order valence-corrected chi connectivity index (χ2v) is 8.31. The van der Waals surface area contributed by atoms with Gasteiger partial charge in [0.05, 0.1) is 21.7 Å². The molecule has 1 N–H and O–H groups in total. The van der Waals surface area contributed by atoms with Crippen LogP contribution in [0.3, 0.4) is 0 Å². The van der Waals surface area contributed by atoms with Crippen LogP contribution in [0.2, 0.25) is 0 Å². The molecule has 0 spiro atoms. The van der Waals surface area contributed by atoms with Crippen LogP contribution in [0.15, 0.2) is 29.3 Å². The molecule has 0 aliphatic heterocycles. The second kappa shape index (κ2) is 8.67. The van der Waals surface area contributed by atoms with Crippen molar-refractivity contribution >= 4 is 45.1 Å². The molecule has 1 heterocycles. The number of benzene rings is 1. The fourth-order valence-electron chi connectivity index (χ4n) is 3.07. The Morgan fingerprint density at radius 2 is 2.00 bits per heavy atom. The Kier molecular flexibility index (Phi) is 6.31. The number of carbonyl (C=O) groups is 2. The SMILES string of the molecule is Cn1c(=NC(=O)CSCC(=O)NC2CCCCC2)sc2ccccc21. The quantitative estimate of drug-likeness (QED) is 0.871. The summed E-state index contributed by atoms with van der Waals surface area (Å²) in [7, 11) is 1.91. The van der Waals surface area contributed by atoms with Crippen LogP contribution in [0.25, 0.3) is 10.2 Å². The fourth-order valence-corrected chi connectivity index (χ4v) is 4.72. The minimum absolute atomic E-state index is 0.0251. The van der Waals surface area contributed by atoms with Gasteiger partial charge in [-0.2, -0.15) is 4.99 Å². The number of carbonyl (C=O) groups excluding carboxylic acids is 2. The first-order valence-electron chi connectivity index (χ1n) is 8.63. The molecule has 2 aromatic rings. The predicted octanol–water partition coefficient (Wildman–Crippen LogP) is 2.85. The van der Waals surface area contributed by atoms with Gasteiger partial charge in [-0.15, -0.1) is 11.8 Å². The molecule has 1 aromatic heterocycles. The monoisotopic (exact) mass is 377 g/mol. The van der Waals surface area contributed by atoms with E-state index < -0.39 is 0 Å². The third kappa shape index (κ3) is 4.95. The maximum Gasteiger partial charge on any atom is 0.258 e. The highest BCUT2D eigenvalue weighted by Crippen LogP contribution is 2.17. The first-order chi connectivity index (χ1) is 12.1. The van der Waals surface area contributed by atoms with Gasteiger partial charge in [-0.05, 0) is 25.0 Å². The van der Waals surface area contributed by atoms with E-state index >= 15 is 0 Å². The maximum atomic E-state index is 12.1. The third-order valence-electron chi connectivity index (χ3n) is 4.36. The van der Waals surface area contributed by atoms with Crippen molar-refractivity contribution in [2.24, 2.45) is 12.0 Å². The van der Waals surface area contributed by atoms with Crippen molar-refractivity contribution in [2.75, 3.05) is 11.5 Å². The average Bonchev–Trinajstić information content (AvgIpc) is 2.92. The second-order valence-electron chi connectivity index (χ2n) is 6.31. The summed E-state index contributed by atoms with van der Waals surface area (Å²) < 4.78 is 3.04. The minimum atomic E-state index is -0.197. The van der Waals surface area contributed by atoms with Crippen LogP contribution >= 0.6 is 23.1 Å². The van der Waals surface area contributed by atoms with Crippen molar-refractivity contribution in [1.82, 2.24) is 9.88 Å². The Bertz CT molecular complexity index is 819. The Hall–Kier alpha value is -1.60. The summed E-state index contributed by atoms with van der Waals surface area (Å²) in [6.45, 7) is 0. The van der Waals surface area contributed by atoms with Gasteiger partial charge in [-0.25, -0.2) is 0 Å². The molecule has 1 aliphatic rings. The Balaban J connectivity index is 1.50. The van der Waals surface area contributed by atoms with E-state index in [1.807, 2.05) is 35.9 Å². The number of hydrogen-bond donors (Lipinski definition) is 1. The third-order valence-corrected chi connectivity index (χ3v) is 6.39. The van der Waals surface area contributed by atoms with Gasteiger partial charge in [-0.1, -0.05) is 42.7 Å². The van der Waals surface area contributed by atoms with E-state index in [9.17, 15) is 9.59 Å². The molecule has 0 bridgehead atoms. The topological polar surface area (TPSA) is 63.5 Å². The van der Waals surface area contributed by atoms with E-state index in [4.69, 9.17) is 0 Å². The summed E-state index contributed by atoms with van der Waals surface area (Å²) in [4.78, 5) is 28.9. The molecule has 134 valence electrons. The Labute approximate surface area is 155 Å². The van der Waals surface area contributed by atoms with Gasteiger partial charge < -0.3 is 9.88 Å². The van der Waals surface area contributed by atoms with E-state index in [0.717, 1.165) is 23.1 Å². The number of fused-ring (bicyclic) bond motifs is 1. The number of aryl methyl sites for hydroxylation is 1. The van der Waals surface area contributed by atoms with Crippen molar-refractivity contribution < 1.29 is 9.59 Å². The van der Waals surface area contributed by atoms with Crippen LogP contribution in [-0.2, 0) is 16.6 Å². The summed E-state index contributed by atoms with van der Waals surface area (Å²) in [5.41, 5.74) is 1.07. The van der Waals surface area contributed by atoms with Gasteiger partial charge >= 0.3 is 0 Å². The van der Waals surface area contributed by atoms with Crippen LogP contribution in [0.4, 0.5) is 0 Å². The number of nitrogens with zero attached hydrogens (tertiary/aromatic N) is 2. The van der Waals surface area contributed by atoms with Gasteiger partial charge in [0.25, 0.3) is 5.91 Å². The fraction of sp³-hybridized carbons (Fsp3) is 0.500. The maximum absolute atomic E-state index is 12.1. The molecule has 7 heteroatoms. The van der Waals surface area contributed by atoms with Crippen LogP contribution in [-0.4, -0.2) is 33.9 Å². The van der Waals surface area contributed by atoms with E-state index in [2.05, 4.69) is 10.3 Å². The van der Waals surface area contributed by atoms with Crippen LogP contribution < -0.4 is 10.1 Å². The molecular weight excluding hydrogens is 354 g/mol. The standard InChI is InChI=1S/C18H23N3O2S2/c1-21-14-9-5-6-10-15(14)25-18(21)20-17(23)12-24-11-16(22)19-13-7-3-2-4-8-13/h5-6,9-10,13H,2-4,7-8,11-12H2,1H3,(H,19,22). The van der Waals surface area contributed by atoms with Crippen LogP contribution in [0.1, 0.15) is 32.1 Å². The number of para-hydroxylation sites is 1. The molecule has 0 radical (unpaired) electrons. The summed E-state index contributed by atoms with van der Waals surface area (Å²) >= 11 is 2.83. The van der Waals surface area contributed by atoms with Gasteiger partial charge in [0, 0.05) is 13.1 Å². The van der Waals surface area contributed by atoms with Crippen molar-refractivity contribution in [3.63, 3.8) is 0 Å². The zero-order chi connectivity index (χ0) is 17.6. The number of nitrogens with one attached hydrogen (secondary N) is 1. The lowest BCUT2D eigenvalue weighted by molar-refractivity contribution is -0.119. The van der Waals surface area contributed by atoms with Crippen molar-refractivity contribution in [1.29, 1.82) is 0 Å².